The molecular weight excluding hydrogens is 739 g/mol. The lowest BCUT2D eigenvalue weighted by atomic mass is 10.1. The van der Waals surface area contributed by atoms with Crippen molar-refractivity contribution in [2.75, 3.05) is 78.7 Å². The molecule has 0 radical (unpaired) electrons. The van der Waals surface area contributed by atoms with Gasteiger partial charge in [0.2, 0.25) is 0 Å². The van der Waals surface area contributed by atoms with Crippen molar-refractivity contribution < 1.29 is 36.5 Å². The summed E-state index contributed by atoms with van der Waals surface area (Å²) in [5.74, 6) is 1.28. The first-order valence-corrected chi connectivity index (χ1v) is 20.9. The van der Waals surface area contributed by atoms with Crippen LogP contribution < -0.4 is 18.9 Å². The third-order valence-electron chi connectivity index (χ3n) is 10.6. The first-order valence-electron chi connectivity index (χ1n) is 20.9. The summed E-state index contributed by atoms with van der Waals surface area (Å²) in [6.07, 6.45) is 1.03. The maximum absolute atomic E-state index is 14.1. The number of alkyl halides is 3. The molecule has 1 saturated heterocycles. The molecule has 0 unspecified atom stereocenters. The van der Waals surface area contributed by atoms with Gasteiger partial charge in [0.05, 0.1) is 29.9 Å². The number of aromatic nitrogens is 2. The second-order valence-corrected chi connectivity index (χ2v) is 14.5. The summed E-state index contributed by atoms with van der Waals surface area (Å²) in [5, 5.41) is 0. The number of likely N-dealkylation sites (tertiary alicyclic amines) is 1. The van der Waals surface area contributed by atoms with E-state index in [4.69, 9.17) is 23.9 Å². The molecular formula is C44H61F4N5O4. The highest BCUT2D eigenvalue weighted by molar-refractivity contribution is 5.88. The fourth-order valence-corrected chi connectivity index (χ4v) is 7.22. The molecule has 0 spiro atoms. The summed E-state index contributed by atoms with van der Waals surface area (Å²) in [5.41, 5.74) is 0.920. The minimum absolute atomic E-state index is 0.137. The highest BCUT2D eigenvalue weighted by Gasteiger charge is 2.34. The lowest BCUT2D eigenvalue weighted by molar-refractivity contribution is -0.140. The Hall–Kier alpha value is -4.07. The number of aryl methyl sites for hydroxylation is 1. The molecule has 5 rings (SSSR count). The summed E-state index contributed by atoms with van der Waals surface area (Å²) in [6, 6.07) is 11.8. The molecule has 0 saturated carbocycles. The lowest BCUT2D eigenvalue weighted by Gasteiger charge is -2.19. The van der Waals surface area contributed by atoms with Crippen molar-refractivity contribution in [3.8, 4) is 40.1 Å². The molecule has 1 fully saturated rings. The Morgan fingerprint density at radius 1 is 0.684 bits per heavy atom. The normalized spacial score (nSPS) is 13.7. The van der Waals surface area contributed by atoms with Crippen LogP contribution in [0.25, 0.3) is 22.4 Å². The molecule has 0 N–H and O–H groups in total. The number of nitrogens with zero attached hydrogens (tertiary/aromatic N) is 5. The molecule has 3 aromatic carbocycles. The fraction of sp³-hybridized carbons (Fsp3) is 0.568. The van der Waals surface area contributed by atoms with Crippen molar-refractivity contribution >= 4 is 11.0 Å². The van der Waals surface area contributed by atoms with Crippen molar-refractivity contribution in [3.05, 3.63) is 59.9 Å². The average Bonchev–Trinajstić information content (AvgIpc) is 3.86. The Labute approximate surface area is 335 Å². The minimum Gasteiger partial charge on any atom is -0.493 e. The number of ether oxygens (including phenoxy) is 4. The molecule has 0 aliphatic carbocycles. The predicted octanol–water partition coefficient (Wildman–Crippen LogP) is 10.1. The maximum atomic E-state index is 14.1. The summed E-state index contributed by atoms with van der Waals surface area (Å²) in [6.45, 7) is 21.5. The largest absolute Gasteiger partial charge is 0.493 e. The monoisotopic (exact) mass is 799 g/mol. The first-order chi connectivity index (χ1) is 27.6. The number of unbranched alkanes of at least 4 members (excludes halogenated alkanes) is 1. The van der Waals surface area contributed by atoms with E-state index in [0.29, 0.717) is 66.6 Å². The molecule has 9 nitrogen and oxygen atoms in total. The second kappa shape index (κ2) is 21.6. The quantitative estimate of drug-likeness (QED) is 0.0513. The highest BCUT2D eigenvalue weighted by Crippen LogP contribution is 2.41. The van der Waals surface area contributed by atoms with Gasteiger partial charge < -0.3 is 33.3 Å². The Balaban J connectivity index is 1.54. The zero-order valence-corrected chi connectivity index (χ0v) is 34.4. The summed E-state index contributed by atoms with van der Waals surface area (Å²) in [4.78, 5) is 12.3. The molecule has 1 aliphatic heterocycles. The molecule has 13 heteroatoms. The van der Waals surface area contributed by atoms with Crippen LogP contribution in [0.5, 0.6) is 28.7 Å². The van der Waals surface area contributed by atoms with E-state index in [1.54, 1.807) is 12.1 Å². The van der Waals surface area contributed by atoms with Crippen molar-refractivity contribution in [2.45, 2.75) is 85.9 Å². The van der Waals surface area contributed by atoms with Gasteiger partial charge in [0.15, 0.2) is 5.75 Å². The number of hydrogen-bond donors (Lipinski definition) is 0. The first kappa shape index (κ1) is 44.0. The standard InChI is InChI=1S/C44H61F4N5O4/c1-6-11-24-53-39-30-35(54-26-14-22-50(7-2)8-3)32-41(55-27-15-23-51(9-4)10-5)42(39)49-43(53)36-18-16-34(31-40(36)56-28-25-52-20-12-13-21-52)57-33-17-19-38(45)37(29-33)44(46,47)48/h16-19,29-32H,6-15,20-28H2,1-5H3. The van der Waals surface area contributed by atoms with Gasteiger partial charge >= 0.3 is 6.18 Å². The minimum atomic E-state index is -4.86. The third-order valence-corrected chi connectivity index (χ3v) is 10.6. The Kier molecular flexibility index (Phi) is 16.7. The van der Waals surface area contributed by atoms with Gasteiger partial charge in [-0.1, -0.05) is 41.0 Å². The van der Waals surface area contributed by atoms with E-state index in [-0.39, 0.29) is 11.5 Å². The van der Waals surface area contributed by atoms with Gasteiger partial charge in [-0.05, 0) is 102 Å². The van der Waals surface area contributed by atoms with Crippen LogP contribution in [-0.4, -0.2) is 103 Å². The lowest BCUT2D eigenvalue weighted by Crippen LogP contribution is -2.25. The van der Waals surface area contributed by atoms with Crippen LogP contribution in [0.1, 0.15) is 78.7 Å². The van der Waals surface area contributed by atoms with Gasteiger partial charge in [0, 0.05) is 44.4 Å². The number of imidazole rings is 1. The van der Waals surface area contributed by atoms with E-state index in [1.807, 2.05) is 18.2 Å². The molecule has 0 atom stereocenters. The Morgan fingerprint density at radius 3 is 1.95 bits per heavy atom. The van der Waals surface area contributed by atoms with E-state index in [2.05, 4.69) is 53.9 Å². The van der Waals surface area contributed by atoms with Crippen molar-refractivity contribution in [3.63, 3.8) is 0 Å². The molecule has 0 bridgehead atoms. The Bertz CT molecular complexity index is 1840. The highest BCUT2D eigenvalue weighted by atomic mass is 19.4. The van der Waals surface area contributed by atoms with Crippen molar-refractivity contribution in [1.82, 2.24) is 24.3 Å². The van der Waals surface area contributed by atoms with Crippen LogP contribution >= 0.6 is 0 Å². The molecule has 4 aromatic rings. The zero-order valence-electron chi connectivity index (χ0n) is 34.4. The smallest absolute Gasteiger partial charge is 0.419 e. The van der Waals surface area contributed by atoms with Crippen LogP contribution in [0, 0.1) is 5.82 Å². The third kappa shape index (κ3) is 12.2. The topological polar surface area (TPSA) is 64.5 Å². The van der Waals surface area contributed by atoms with Crippen LogP contribution in [0.2, 0.25) is 0 Å². The molecule has 57 heavy (non-hydrogen) atoms. The summed E-state index contributed by atoms with van der Waals surface area (Å²) >= 11 is 0. The molecule has 0 amide bonds. The number of fused-ring (bicyclic) bond motifs is 1. The van der Waals surface area contributed by atoms with E-state index in [9.17, 15) is 17.6 Å². The summed E-state index contributed by atoms with van der Waals surface area (Å²) < 4.78 is 82.2. The van der Waals surface area contributed by atoms with Crippen molar-refractivity contribution in [1.29, 1.82) is 0 Å². The number of benzene rings is 3. The SMILES string of the molecule is CCCCn1c(-c2ccc(Oc3ccc(F)c(C(F)(F)F)c3)cc2OCCN2CCCC2)nc2c(OCCCN(CC)CC)cc(OCCCN(CC)CC)cc21. The molecule has 2 heterocycles. The Morgan fingerprint density at radius 2 is 1.30 bits per heavy atom. The second-order valence-electron chi connectivity index (χ2n) is 14.5. The van der Waals surface area contributed by atoms with E-state index >= 15 is 0 Å². The van der Waals surface area contributed by atoms with Crippen molar-refractivity contribution in [2.24, 2.45) is 0 Å². The van der Waals surface area contributed by atoms with Gasteiger partial charge in [0.25, 0.3) is 0 Å². The fourth-order valence-electron chi connectivity index (χ4n) is 7.22. The van der Waals surface area contributed by atoms with E-state index in [0.717, 1.165) is 109 Å². The molecule has 314 valence electrons. The number of halogens is 4. The average molecular weight is 800 g/mol. The van der Waals surface area contributed by atoms with Crippen LogP contribution in [0.15, 0.2) is 48.5 Å². The van der Waals surface area contributed by atoms with Gasteiger partial charge in [0.1, 0.15) is 46.8 Å². The van der Waals surface area contributed by atoms with Crippen LogP contribution in [-0.2, 0) is 12.7 Å². The van der Waals surface area contributed by atoms with Gasteiger partial charge in [-0.15, -0.1) is 0 Å². The zero-order chi connectivity index (χ0) is 40.8. The predicted molar refractivity (Wildman–Crippen MR) is 219 cm³/mol. The number of hydrogen-bond acceptors (Lipinski definition) is 8. The van der Waals surface area contributed by atoms with Crippen LogP contribution in [0.4, 0.5) is 17.6 Å². The van der Waals surface area contributed by atoms with E-state index < -0.39 is 17.6 Å². The molecule has 1 aliphatic rings. The van der Waals surface area contributed by atoms with E-state index in [1.165, 1.54) is 6.07 Å². The van der Waals surface area contributed by atoms with Crippen LogP contribution in [0.3, 0.4) is 0 Å². The number of rotatable bonds is 24. The van der Waals surface area contributed by atoms with Gasteiger partial charge in [-0.2, -0.15) is 13.2 Å². The summed E-state index contributed by atoms with van der Waals surface area (Å²) in [7, 11) is 0. The maximum Gasteiger partial charge on any atom is 0.419 e. The van der Waals surface area contributed by atoms with Gasteiger partial charge in [-0.25, -0.2) is 9.37 Å². The van der Waals surface area contributed by atoms with Gasteiger partial charge in [-0.3, -0.25) is 4.90 Å². The molecule has 1 aromatic heterocycles.